The van der Waals surface area contributed by atoms with Gasteiger partial charge in [-0.2, -0.15) is 0 Å². The molecule has 162 valence electrons. The van der Waals surface area contributed by atoms with Gasteiger partial charge in [0.15, 0.2) is 27.9 Å². The van der Waals surface area contributed by atoms with Crippen LogP contribution < -0.4 is 14.2 Å². The summed E-state index contributed by atoms with van der Waals surface area (Å²) in [5.74, 6) is 1.21. The average Bonchev–Trinajstić information content (AvgIpc) is 3.10. The van der Waals surface area contributed by atoms with Crippen molar-refractivity contribution in [1.82, 2.24) is 4.90 Å². The van der Waals surface area contributed by atoms with Crippen LogP contribution in [0.5, 0.6) is 17.2 Å². The number of rotatable bonds is 8. The van der Waals surface area contributed by atoms with E-state index in [9.17, 15) is 13.2 Å². The normalized spacial score (nSPS) is 17.4. The molecule has 1 aliphatic heterocycles. The fraction of sp³-hybridized carbons (Fsp3) is 0.381. The second-order valence-electron chi connectivity index (χ2n) is 6.99. The van der Waals surface area contributed by atoms with Crippen LogP contribution in [0, 0.1) is 0 Å². The van der Waals surface area contributed by atoms with Gasteiger partial charge in [0.05, 0.1) is 30.7 Å². The van der Waals surface area contributed by atoms with Crippen molar-refractivity contribution in [3.63, 3.8) is 0 Å². The van der Waals surface area contributed by atoms with Gasteiger partial charge in [-0.25, -0.2) is 8.42 Å². The molecule has 7 nitrogen and oxygen atoms in total. The standard InChI is InChI=1S/C21H24ClNO6S/c1-27-19-8-7-15(11-20(19)28-2)12-23(16-9-10-30(25,26)14-16)21(24)13-29-18-6-4-3-5-17(18)22/h3-8,11,16H,9-10,12-14H2,1-2H3. The van der Waals surface area contributed by atoms with E-state index in [-0.39, 0.29) is 30.6 Å². The van der Waals surface area contributed by atoms with Crippen LogP contribution in [0.4, 0.5) is 0 Å². The quantitative estimate of drug-likeness (QED) is 0.611. The lowest BCUT2D eigenvalue weighted by Crippen LogP contribution is -2.43. The maximum Gasteiger partial charge on any atom is 0.261 e. The van der Waals surface area contributed by atoms with Crippen LogP contribution >= 0.6 is 11.6 Å². The second kappa shape index (κ2) is 9.57. The summed E-state index contributed by atoms with van der Waals surface area (Å²) in [5.41, 5.74) is 0.794. The molecule has 1 fully saturated rings. The minimum absolute atomic E-state index is 0.0574. The lowest BCUT2D eigenvalue weighted by molar-refractivity contribution is -0.136. The Morgan fingerprint density at radius 1 is 1.10 bits per heavy atom. The van der Waals surface area contributed by atoms with Crippen LogP contribution in [0.1, 0.15) is 12.0 Å². The zero-order valence-electron chi connectivity index (χ0n) is 16.8. The third-order valence-corrected chi connectivity index (χ3v) is 7.02. The molecule has 9 heteroatoms. The summed E-state index contributed by atoms with van der Waals surface area (Å²) in [6.07, 6.45) is 0.396. The Morgan fingerprint density at radius 3 is 2.47 bits per heavy atom. The topological polar surface area (TPSA) is 82.1 Å². The molecule has 0 aliphatic carbocycles. The maximum atomic E-state index is 13.0. The number of benzene rings is 2. The number of ether oxygens (including phenoxy) is 3. The number of carbonyl (C=O) groups excluding carboxylic acids is 1. The minimum Gasteiger partial charge on any atom is -0.493 e. The highest BCUT2D eigenvalue weighted by atomic mass is 35.5. The van der Waals surface area contributed by atoms with Gasteiger partial charge >= 0.3 is 0 Å². The molecular formula is C21H24ClNO6S. The van der Waals surface area contributed by atoms with Crippen LogP contribution in [0.2, 0.25) is 5.02 Å². The number of para-hydroxylation sites is 1. The summed E-state index contributed by atoms with van der Waals surface area (Å²) in [7, 11) is -0.0864. The second-order valence-corrected chi connectivity index (χ2v) is 9.62. The van der Waals surface area contributed by atoms with Crippen LogP contribution in [-0.2, 0) is 21.2 Å². The van der Waals surface area contributed by atoms with Crippen LogP contribution in [0.3, 0.4) is 0 Å². The molecule has 2 aromatic rings. The van der Waals surface area contributed by atoms with E-state index >= 15 is 0 Å². The number of methoxy groups -OCH3 is 2. The molecule has 0 radical (unpaired) electrons. The molecule has 30 heavy (non-hydrogen) atoms. The molecule has 1 amide bonds. The summed E-state index contributed by atoms with van der Waals surface area (Å²) < 4.78 is 40.2. The first-order valence-corrected chi connectivity index (χ1v) is 11.6. The van der Waals surface area contributed by atoms with E-state index < -0.39 is 15.9 Å². The van der Waals surface area contributed by atoms with E-state index in [4.69, 9.17) is 25.8 Å². The van der Waals surface area contributed by atoms with Gasteiger partial charge in [0.25, 0.3) is 5.91 Å². The van der Waals surface area contributed by atoms with Crippen molar-refractivity contribution < 1.29 is 27.4 Å². The van der Waals surface area contributed by atoms with Gasteiger partial charge in [-0.1, -0.05) is 29.8 Å². The number of halogens is 1. The summed E-state index contributed by atoms with van der Waals surface area (Å²) in [4.78, 5) is 14.6. The number of amides is 1. The number of carbonyl (C=O) groups is 1. The van der Waals surface area contributed by atoms with Crippen LogP contribution in [0.25, 0.3) is 0 Å². The summed E-state index contributed by atoms with van der Waals surface area (Å²) in [5, 5.41) is 0.403. The molecule has 0 bridgehead atoms. The molecule has 1 heterocycles. The molecule has 1 atom stereocenters. The number of nitrogens with zero attached hydrogens (tertiary/aromatic N) is 1. The maximum absolute atomic E-state index is 13.0. The molecule has 0 aromatic heterocycles. The van der Waals surface area contributed by atoms with Gasteiger partial charge < -0.3 is 19.1 Å². The largest absolute Gasteiger partial charge is 0.493 e. The Kier molecular flexibility index (Phi) is 7.10. The van der Waals surface area contributed by atoms with Crippen molar-refractivity contribution in [3.05, 3.63) is 53.1 Å². The molecule has 1 saturated heterocycles. The van der Waals surface area contributed by atoms with Gasteiger partial charge in [0, 0.05) is 12.6 Å². The van der Waals surface area contributed by atoms with E-state index in [1.54, 1.807) is 48.4 Å². The minimum atomic E-state index is -3.16. The first-order valence-electron chi connectivity index (χ1n) is 9.41. The van der Waals surface area contributed by atoms with Gasteiger partial charge in [0.1, 0.15) is 5.75 Å². The fourth-order valence-corrected chi connectivity index (χ4v) is 5.32. The highest BCUT2D eigenvalue weighted by Gasteiger charge is 2.35. The van der Waals surface area contributed by atoms with E-state index in [2.05, 4.69) is 0 Å². The van der Waals surface area contributed by atoms with E-state index in [1.165, 1.54) is 7.11 Å². The smallest absolute Gasteiger partial charge is 0.261 e. The van der Waals surface area contributed by atoms with Crippen molar-refractivity contribution in [1.29, 1.82) is 0 Å². The van der Waals surface area contributed by atoms with Gasteiger partial charge in [-0.15, -0.1) is 0 Å². The average molecular weight is 454 g/mol. The molecule has 3 rings (SSSR count). The predicted molar refractivity (Wildman–Crippen MR) is 114 cm³/mol. The molecular weight excluding hydrogens is 430 g/mol. The zero-order valence-corrected chi connectivity index (χ0v) is 18.4. The Bertz CT molecular complexity index is 1010. The summed E-state index contributed by atoms with van der Waals surface area (Å²) in [6, 6.07) is 11.8. The Morgan fingerprint density at radius 2 is 1.83 bits per heavy atom. The lowest BCUT2D eigenvalue weighted by atomic mass is 10.1. The van der Waals surface area contributed by atoms with E-state index in [0.717, 1.165) is 5.56 Å². The highest BCUT2D eigenvalue weighted by Crippen LogP contribution is 2.29. The van der Waals surface area contributed by atoms with Crippen molar-refractivity contribution in [3.8, 4) is 17.2 Å². The zero-order chi connectivity index (χ0) is 21.7. The van der Waals surface area contributed by atoms with Gasteiger partial charge in [-0.05, 0) is 36.2 Å². The first-order chi connectivity index (χ1) is 14.3. The Balaban J connectivity index is 1.80. The SMILES string of the molecule is COc1ccc(CN(C(=O)COc2ccccc2Cl)C2CCS(=O)(=O)C2)cc1OC. The van der Waals surface area contributed by atoms with Crippen molar-refractivity contribution >= 4 is 27.3 Å². The molecule has 1 aliphatic rings. The molecule has 0 saturated carbocycles. The van der Waals surface area contributed by atoms with Crippen molar-refractivity contribution in [2.45, 2.75) is 19.0 Å². The van der Waals surface area contributed by atoms with E-state index in [0.29, 0.717) is 28.7 Å². The molecule has 1 unspecified atom stereocenters. The van der Waals surface area contributed by atoms with Crippen molar-refractivity contribution in [2.24, 2.45) is 0 Å². The Hall–Kier alpha value is -2.45. The highest BCUT2D eigenvalue weighted by molar-refractivity contribution is 7.91. The lowest BCUT2D eigenvalue weighted by Gasteiger charge is -2.28. The van der Waals surface area contributed by atoms with Crippen LogP contribution in [0.15, 0.2) is 42.5 Å². The third kappa shape index (κ3) is 5.37. The van der Waals surface area contributed by atoms with Gasteiger partial charge in [0.2, 0.25) is 0 Å². The molecule has 0 N–H and O–H groups in total. The third-order valence-electron chi connectivity index (χ3n) is 4.96. The number of hydrogen-bond donors (Lipinski definition) is 0. The van der Waals surface area contributed by atoms with E-state index in [1.807, 2.05) is 6.07 Å². The van der Waals surface area contributed by atoms with Crippen LogP contribution in [-0.4, -0.2) is 57.6 Å². The number of hydrogen-bond acceptors (Lipinski definition) is 6. The summed E-state index contributed by atoms with van der Waals surface area (Å²) >= 11 is 6.09. The summed E-state index contributed by atoms with van der Waals surface area (Å²) in [6.45, 7) is -0.0151. The van der Waals surface area contributed by atoms with Gasteiger partial charge in [-0.3, -0.25) is 4.79 Å². The van der Waals surface area contributed by atoms with Crippen molar-refractivity contribution in [2.75, 3.05) is 32.3 Å². The number of sulfone groups is 1. The molecule has 2 aromatic carbocycles. The monoisotopic (exact) mass is 453 g/mol. The first kappa shape index (κ1) is 22.2. The predicted octanol–water partition coefficient (Wildman–Crippen LogP) is 2.95. The molecule has 0 spiro atoms. The Labute approximate surface area is 181 Å². The fourth-order valence-electron chi connectivity index (χ4n) is 3.40.